The SMILES string of the molecule is COc1ccc(C=CC(=O)OCC(=O)Nc2ccccc2C(F)(F)F)cc1OC. The van der Waals surface area contributed by atoms with Gasteiger partial charge >= 0.3 is 12.1 Å². The highest BCUT2D eigenvalue weighted by atomic mass is 19.4. The standard InChI is InChI=1S/C20H18F3NO5/c1-27-16-9-7-13(11-17(16)28-2)8-10-19(26)29-12-18(25)24-15-6-4-3-5-14(15)20(21,22)23/h3-11H,12H2,1-2H3,(H,24,25). The average molecular weight is 409 g/mol. The van der Waals surface area contributed by atoms with Gasteiger partial charge in [0.1, 0.15) is 0 Å². The van der Waals surface area contributed by atoms with Gasteiger partial charge in [0.25, 0.3) is 5.91 Å². The molecule has 2 aromatic carbocycles. The lowest BCUT2D eigenvalue weighted by Gasteiger charge is -2.13. The molecule has 0 atom stereocenters. The summed E-state index contributed by atoms with van der Waals surface area (Å²) in [4.78, 5) is 23.6. The third-order valence-corrected chi connectivity index (χ3v) is 3.67. The number of halogens is 3. The number of amides is 1. The lowest BCUT2D eigenvalue weighted by atomic mass is 10.1. The fourth-order valence-corrected chi connectivity index (χ4v) is 2.33. The molecule has 0 fully saturated rings. The molecule has 1 N–H and O–H groups in total. The number of hydrogen-bond acceptors (Lipinski definition) is 5. The van der Waals surface area contributed by atoms with Gasteiger partial charge in [-0.3, -0.25) is 4.79 Å². The number of hydrogen-bond donors (Lipinski definition) is 1. The maximum atomic E-state index is 12.9. The third kappa shape index (κ3) is 6.27. The molecule has 0 bridgehead atoms. The Morgan fingerprint density at radius 1 is 1.03 bits per heavy atom. The molecular weight excluding hydrogens is 391 g/mol. The van der Waals surface area contributed by atoms with E-state index >= 15 is 0 Å². The minimum absolute atomic E-state index is 0.415. The van der Waals surface area contributed by atoms with Gasteiger partial charge in [-0.25, -0.2) is 4.79 Å². The summed E-state index contributed by atoms with van der Waals surface area (Å²) in [6.45, 7) is -0.735. The van der Waals surface area contributed by atoms with E-state index < -0.39 is 35.9 Å². The van der Waals surface area contributed by atoms with E-state index in [-0.39, 0.29) is 0 Å². The molecule has 154 valence electrons. The molecule has 0 spiro atoms. The second-order valence-corrected chi connectivity index (χ2v) is 5.65. The second kappa shape index (κ2) is 9.63. The average Bonchev–Trinajstić information content (AvgIpc) is 2.70. The van der Waals surface area contributed by atoms with Crippen molar-refractivity contribution >= 4 is 23.6 Å². The number of ether oxygens (including phenoxy) is 3. The van der Waals surface area contributed by atoms with Crippen LogP contribution in [0.4, 0.5) is 18.9 Å². The number of para-hydroxylation sites is 1. The van der Waals surface area contributed by atoms with Crippen LogP contribution in [-0.2, 0) is 20.5 Å². The second-order valence-electron chi connectivity index (χ2n) is 5.65. The number of carbonyl (C=O) groups is 2. The van der Waals surface area contributed by atoms with E-state index in [1.165, 1.54) is 32.4 Å². The highest BCUT2D eigenvalue weighted by Crippen LogP contribution is 2.34. The molecule has 0 aliphatic carbocycles. The fraction of sp³-hybridized carbons (Fsp3) is 0.200. The van der Waals surface area contributed by atoms with Crippen molar-refractivity contribution < 1.29 is 37.0 Å². The highest BCUT2D eigenvalue weighted by molar-refractivity contribution is 5.95. The molecule has 6 nitrogen and oxygen atoms in total. The Hall–Kier alpha value is -3.49. The van der Waals surface area contributed by atoms with E-state index in [0.29, 0.717) is 17.1 Å². The topological polar surface area (TPSA) is 73.9 Å². The van der Waals surface area contributed by atoms with Crippen LogP contribution >= 0.6 is 0 Å². The zero-order valence-electron chi connectivity index (χ0n) is 15.6. The molecule has 0 saturated carbocycles. The molecular formula is C20H18F3NO5. The molecule has 0 aliphatic heterocycles. The zero-order valence-corrected chi connectivity index (χ0v) is 15.6. The Balaban J connectivity index is 1.93. The summed E-state index contributed by atoms with van der Waals surface area (Å²) < 4.78 is 53.7. The van der Waals surface area contributed by atoms with Crippen molar-refractivity contribution in [2.24, 2.45) is 0 Å². The summed E-state index contributed by atoms with van der Waals surface area (Å²) >= 11 is 0. The van der Waals surface area contributed by atoms with Gasteiger partial charge in [0.15, 0.2) is 18.1 Å². The van der Waals surface area contributed by atoms with E-state index in [2.05, 4.69) is 5.32 Å². The van der Waals surface area contributed by atoms with Crippen molar-refractivity contribution in [3.05, 3.63) is 59.7 Å². The normalized spacial score (nSPS) is 11.2. The van der Waals surface area contributed by atoms with E-state index in [1.54, 1.807) is 18.2 Å². The zero-order chi connectivity index (χ0) is 21.4. The van der Waals surface area contributed by atoms with Gasteiger partial charge in [0.2, 0.25) is 0 Å². The van der Waals surface area contributed by atoms with Crippen LogP contribution in [0, 0.1) is 0 Å². The molecule has 0 heterocycles. The highest BCUT2D eigenvalue weighted by Gasteiger charge is 2.33. The maximum absolute atomic E-state index is 12.9. The van der Waals surface area contributed by atoms with Gasteiger partial charge in [-0.05, 0) is 35.9 Å². The molecule has 0 aliphatic rings. The number of benzene rings is 2. The van der Waals surface area contributed by atoms with Crippen LogP contribution in [0.1, 0.15) is 11.1 Å². The van der Waals surface area contributed by atoms with Gasteiger partial charge in [-0.1, -0.05) is 18.2 Å². The molecule has 2 rings (SSSR count). The van der Waals surface area contributed by atoms with E-state index in [0.717, 1.165) is 18.2 Å². The van der Waals surface area contributed by atoms with Crippen LogP contribution in [0.3, 0.4) is 0 Å². The molecule has 0 unspecified atom stereocenters. The van der Waals surface area contributed by atoms with Gasteiger partial charge in [-0.15, -0.1) is 0 Å². The van der Waals surface area contributed by atoms with E-state index in [9.17, 15) is 22.8 Å². The van der Waals surface area contributed by atoms with Gasteiger partial charge in [-0.2, -0.15) is 13.2 Å². The van der Waals surface area contributed by atoms with Crippen LogP contribution < -0.4 is 14.8 Å². The Morgan fingerprint density at radius 3 is 2.38 bits per heavy atom. The van der Waals surface area contributed by atoms with Crippen molar-refractivity contribution in [2.45, 2.75) is 6.18 Å². The van der Waals surface area contributed by atoms with Gasteiger partial charge in [0, 0.05) is 6.08 Å². The summed E-state index contributed by atoms with van der Waals surface area (Å²) in [7, 11) is 2.96. The summed E-state index contributed by atoms with van der Waals surface area (Å²) in [5, 5.41) is 2.08. The van der Waals surface area contributed by atoms with Gasteiger partial charge in [0.05, 0.1) is 25.5 Å². The Labute approximate surface area is 164 Å². The lowest BCUT2D eigenvalue weighted by Crippen LogP contribution is -2.22. The monoisotopic (exact) mass is 409 g/mol. The lowest BCUT2D eigenvalue weighted by molar-refractivity contribution is -0.142. The number of nitrogens with one attached hydrogen (secondary N) is 1. The number of rotatable bonds is 7. The summed E-state index contributed by atoms with van der Waals surface area (Å²) in [5.74, 6) is -0.748. The summed E-state index contributed by atoms with van der Waals surface area (Å²) in [5.41, 5.74) is -0.793. The molecule has 0 aromatic heterocycles. The first kappa shape index (κ1) is 21.8. The molecule has 1 amide bonds. The van der Waals surface area contributed by atoms with Crippen LogP contribution in [0.5, 0.6) is 11.5 Å². The number of methoxy groups -OCH3 is 2. The molecule has 0 saturated heterocycles. The third-order valence-electron chi connectivity index (χ3n) is 3.67. The van der Waals surface area contributed by atoms with Crippen LogP contribution in [0.25, 0.3) is 6.08 Å². The Bertz CT molecular complexity index is 909. The fourth-order valence-electron chi connectivity index (χ4n) is 2.33. The van der Waals surface area contributed by atoms with Crippen LogP contribution in [0.15, 0.2) is 48.5 Å². The first-order chi connectivity index (χ1) is 13.7. The smallest absolute Gasteiger partial charge is 0.418 e. The minimum Gasteiger partial charge on any atom is -0.493 e. The van der Waals surface area contributed by atoms with Crippen molar-refractivity contribution in [3.63, 3.8) is 0 Å². The van der Waals surface area contributed by atoms with E-state index in [1.807, 2.05) is 0 Å². The molecule has 9 heteroatoms. The number of anilines is 1. The van der Waals surface area contributed by atoms with Crippen molar-refractivity contribution in [3.8, 4) is 11.5 Å². The predicted molar refractivity (Wildman–Crippen MR) is 99.6 cm³/mol. The van der Waals surface area contributed by atoms with Crippen molar-refractivity contribution in [1.82, 2.24) is 0 Å². The van der Waals surface area contributed by atoms with Crippen LogP contribution in [0.2, 0.25) is 0 Å². The largest absolute Gasteiger partial charge is 0.493 e. The first-order valence-corrected chi connectivity index (χ1v) is 8.27. The number of alkyl halides is 3. The predicted octanol–water partition coefficient (Wildman–Crippen LogP) is 3.92. The number of esters is 1. The maximum Gasteiger partial charge on any atom is 0.418 e. The van der Waals surface area contributed by atoms with Crippen LogP contribution in [-0.4, -0.2) is 32.7 Å². The Kier molecular flexibility index (Phi) is 7.24. The minimum atomic E-state index is -4.62. The molecule has 0 radical (unpaired) electrons. The molecule has 29 heavy (non-hydrogen) atoms. The van der Waals surface area contributed by atoms with E-state index in [4.69, 9.17) is 14.2 Å². The Morgan fingerprint density at radius 2 is 1.72 bits per heavy atom. The summed E-state index contributed by atoms with van der Waals surface area (Å²) in [6.07, 6.45) is -2.11. The van der Waals surface area contributed by atoms with Crippen molar-refractivity contribution in [1.29, 1.82) is 0 Å². The first-order valence-electron chi connectivity index (χ1n) is 8.27. The van der Waals surface area contributed by atoms with Crippen molar-refractivity contribution in [2.75, 3.05) is 26.1 Å². The van der Waals surface area contributed by atoms with Gasteiger partial charge < -0.3 is 19.5 Å². The molecule has 2 aromatic rings. The quantitative estimate of drug-likeness (QED) is 0.554. The number of carbonyl (C=O) groups excluding carboxylic acids is 2. The summed E-state index contributed by atoms with van der Waals surface area (Å²) in [6, 6.07) is 9.46.